The zero-order valence-electron chi connectivity index (χ0n) is 11.6. The molecule has 0 fully saturated rings. The minimum absolute atomic E-state index is 0.242. The van der Waals surface area contributed by atoms with Gasteiger partial charge in [-0.25, -0.2) is 4.39 Å². The summed E-state index contributed by atoms with van der Waals surface area (Å²) in [5.41, 5.74) is 2.01. The van der Waals surface area contributed by atoms with Gasteiger partial charge in [-0.2, -0.15) is 0 Å². The largest absolute Gasteiger partial charge is 0.497 e. The van der Waals surface area contributed by atoms with Gasteiger partial charge in [0.15, 0.2) is 0 Å². The molecule has 0 spiro atoms. The standard InChI is InChI=1S/C16H18FNO2/c1-11-3-8-15(14(17)9-11)18-10-16(19)12-4-6-13(20-2)7-5-12/h3-9,16,18-19H,10H2,1-2H3. The molecule has 106 valence electrons. The van der Waals surface area contributed by atoms with Crippen molar-refractivity contribution in [3.63, 3.8) is 0 Å². The summed E-state index contributed by atoms with van der Waals surface area (Å²) in [6.07, 6.45) is -0.707. The van der Waals surface area contributed by atoms with Crippen molar-refractivity contribution in [2.75, 3.05) is 19.0 Å². The molecule has 20 heavy (non-hydrogen) atoms. The van der Waals surface area contributed by atoms with E-state index < -0.39 is 6.10 Å². The summed E-state index contributed by atoms with van der Waals surface area (Å²) >= 11 is 0. The molecule has 0 aliphatic carbocycles. The fraction of sp³-hybridized carbons (Fsp3) is 0.250. The van der Waals surface area contributed by atoms with Crippen LogP contribution in [-0.4, -0.2) is 18.8 Å². The first-order valence-electron chi connectivity index (χ1n) is 6.42. The summed E-state index contributed by atoms with van der Waals surface area (Å²) in [4.78, 5) is 0. The van der Waals surface area contributed by atoms with Crippen molar-refractivity contribution in [2.24, 2.45) is 0 Å². The second-order valence-corrected chi connectivity index (χ2v) is 4.65. The third kappa shape index (κ3) is 3.48. The predicted octanol–water partition coefficient (Wildman–Crippen LogP) is 3.29. The predicted molar refractivity (Wildman–Crippen MR) is 77.6 cm³/mol. The Morgan fingerprint density at radius 3 is 2.50 bits per heavy atom. The highest BCUT2D eigenvalue weighted by molar-refractivity contribution is 5.46. The summed E-state index contributed by atoms with van der Waals surface area (Å²) in [5, 5.41) is 13.0. The van der Waals surface area contributed by atoms with Crippen LogP contribution in [0.5, 0.6) is 5.75 Å². The molecule has 4 heteroatoms. The van der Waals surface area contributed by atoms with Gasteiger partial charge in [0.2, 0.25) is 0 Å². The van der Waals surface area contributed by atoms with E-state index in [1.165, 1.54) is 6.07 Å². The number of anilines is 1. The summed E-state index contributed by atoms with van der Waals surface area (Å²) < 4.78 is 18.7. The van der Waals surface area contributed by atoms with Crippen LogP contribution in [0.4, 0.5) is 10.1 Å². The summed E-state index contributed by atoms with van der Waals surface area (Å²) in [6.45, 7) is 2.07. The van der Waals surface area contributed by atoms with Crippen LogP contribution in [0.15, 0.2) is 42.5 Å². The SMILES string of the molecule is COc1ccc(C(O)CNc2ccc(C)cc2F)cc1. The van der Waals surface area contributed by atoms with Gasteiger partial charge in [0, 0.05) is 6.54 Å². The molecule has 3 nitrogen and oxygen atoms in total. The smallest absolute Gasteiger partial charge is 0.146 e. The molecule has 2 aromatic carbocycles. The van der Waals surface area contributed by atoms with Gasteiger partial charge >= 0.3 is 0 Å². The molecular formula is C16H18FNO2. The van der Waals surface area contributed by atoms with Crippen LogP contribution in [0.25, 0.3) is 0 Å². The molecule has 0 aliphatic rings. The molecular weight excluding hydrogens is 257 g/mol. The number of aliphatic hydroxyl groups excluding tert-OH is 1. The van der Waals surface area contributed by atoms with Crippen molar-refractivity contribution >= 4 is 5.69 Å². The maximum absolute atomic E-state index is 13.6. The van der Waals surface area contributed by atoms with E-state index >= 15 is 0 Å². The fourth-order valence-corrected chi connectivity index (χ4v) is 1.91. The third-order valence-electron chi connectivity index (χ3n) is 3.11. The summed E-state index contributed by atoms with van der Waals surface area (Å²) in [6, 6.07) is 12.1. The van der Waals surface area contributed by atoms with Crippen molar-refractivity contribution in [1.82, 2.24) is 0 Å². The van der Waals surface area contributed by atoms with Crippen molar-refractivity contribution in [3.8, 4) is 5.75 Å². The Bertz CT molecular complexity index is 569. The quantitative estimate of drug-likeness (QED) is 0.879. The van der Waals surface area contributed by atoms with E-state index in [1.54, 1.807) is 37.4 Å². The number of rotatable bonds is 5. The average Bonchev–Trinajstić information content (AvgIpc) is 2.46. The number of aliphatic hydroxyl groups is 1. The molecule has 0 aliphatic heterocycles. The number of benzene rings is 2. The first kappa shape index (κ1) is 14.3. The number of nitrogens with one attached hydrogen (secondary N) is 1. The zero-order valence-corrected chi connectivity index (χ0v) is 11.6. The maximum atomic E-state index is 13.6. The molecule has 0 aromatic heterocycles. The van der Waals surface area contributed by atoms with Gasteiger partial charge in [0.05, 0.1) is 18.9 Å². The lowest BCUT2D eigenvalue weighted by molar-refractivity contribution is 0.191. The lowest BCUT2D eigenvalue weighted by Gasteiger charge is -2.14. The normalized spacial score (nSPS) is 12.0. The molecule has 0 radical (unpaired) electrons. The molecule has 0 saturated carbocycles. The number of halogens is 1. The molecule has 0 saturated heterocycles. The molecule has 0 heterocycles. The Morgan fingerprint density at radius 2 is 1.90 bits per heavy atom. The molecule has 1 atom stereocenters. The van der Waals surface area contributed by atoms with Crippen LogP contribution in [-0.2, 0) is 0 Å². The minimum atomic E-state index is -0.707. The lowest BCUT2D eigenvalue weighted by Crippen LogP contribution is -2.13. The van der Waals surface area contributed by atoms with Crippen molar-refractivity contribution in [1.29, 1.82) is 0 Å². The second-order valence-electron chi connectivity index (χ2n) is 4.65. The van der Waals surface area contributed by atoms with Gasteiger partial charge in [-0.05, 0) is 42.3 Å². The molecule has 1 unspecified atom stereocenters. The van der Waals surface area contributed by atoms with Crippen molar-refractivity contribution in [2.45, 2.75) is 13.0 Å². The van der Waals surface area contributed by atoms with E-state index in [1.807, 2.05) is 13.0 Å². The number of methoxy groups -OCH3 is 1. The molecule has 0 bridgehead atoms. The minimum Gasteiger partial charge on any atom is -0.497 e. The van der Waals surface area contributed by atoms with Crippen LogP contribution in [0.3, 0.4) is 0 Å². The maximum Gasteiger partial charge on any atom is 0.146 e. The Hall–Kier alpha value is -2.07. The number of ether oxygens (including phenoxy) is 1. The van der Waals surface area contributed by atoms with E-state index in [-0.39, 0.29) is 12.4 Å². The fourth-order valence-electron chi connectivity index (χ4n) is 1.91. The van der Waals surface area contributed by atoms with Crippen LogP contribution in [0, 0.1) is 12.7 Å². The first-order chi connectivity index (χ1) is 9.60. The average molecular weight is 275 g/mol. The highest BCUT2D eigenvalue weighted by Gasteiger charge is 2.09. The third-order valence-corrected chi connectivity index (χ3v) is 3.11. The second kappa shape index (κ2) is 6.39. The van der Waals surface area contributed by atoms with E-state index in [9.17, 15) is 9.50 Å². The molecule has 2 aromatic rings. The van der Waals surface area contributed by atoms with Gasteiger partial charge in [0.25, 0.3) is 0 Å². The Balaban J connectivity index is 1.98. The molecule has 2 rings (SSSR count). The van der Waals surface area contributed by atoms with Gasteiger partial charge in [-0.1, -0.05) is 18.2 Å². The zero-order chi connectivity index (χ0) is 14.5. The van der Waals surface area contributed by atoms with Crippen molar-refractivity contribution < 1.29 is 14.2 Å². The first-order valence-corrected chi connectivity index (χ1v) is 6.42. The highest BCUT2D eigenvalue weighted by Crippen LogP contribution is 2.20. The topological polar surface area (TPSA) is 41.5 Å². The molecule has 0 amide bonds. The number of aryl methyl sites for hydroxylation is 1. The monoisotopic (exact) mass is 275 g/mol. The van der Waals surface area contributed by atoms with Gasteiger partial charge in [-0.15, -0.1) is 0 Å². The summed E-state index contributed by atoms with van der Waals surface area (Å²) in [7, 11) is 1.59. The highest BCUT2D eigenvalue weighted by atomic mass is 19.1. The van der Waals surface area contributed by atoms with Crippen LogP contribution in [0.2, 0.25) is 0 Å². The van der Waals surface area contributed by atoms with E-state index in [2.05, 4.69) is 5.32 Å². The number of hydrogen-bond acceptors (Lipinski definition) is 3. The van der Waals surface area contributed by atoms with E-state index in [0.717, 1.165) is 16.9 Å². The van der Waals surface area contributed by atoms with Crippen LogP contribution >= 0.6 is 0 Å². The Kier molecular flexibility index (Phi) is 4.58. The lowest BCUT2D eigenvalue weighted by atomic mass is 10.1. The van der Waals surface area contributed by atoms with Crippen LogP contribution in [0.1, 0.15) is 17.2 Å². The van der Waals surface area contributed by atoms with Gasteiger partial charge < -0.3 is 15.2 Å². The van der Waals surface area contributed by atoms with Gasteiger partial charge in [-0.3, -0.25) is 0 Å². The Morgan fingerprint density at radius 1 is 1.20 bits per heavy atom. The van der Waals surface area contributed by atoms with Crippen LogP contribution < -0.4 is 10.1 Å². The Labute approximate surface area is 118 Å². The van der Waals surface area contributed by atoms with E-state index in [0.29, 0.717) is 5.69 Å². The molecule has 2 N–H and O–H groups in total. The van der Waals surface area contributed by atoms with Gasteiger partial charge in [0.1, 0.15) is 11.6 Å². The number of hydrogen-bond donors (Lipinski definition) is 2. The van der Waals surface area contributed by atoms with E-state index in [4.69, 9.17) is 4.74 Å². The van der Waals surface area contributed by atoms with Crippen molar-refractivity contribution in [3.05, 3.63) is 59.4 Å². The summed E-state index contributed by atoms with van der Waals surface area (Å²) in [5.74, 6) is 0.422.